The number of Topliss-reactive ketones (excluding diaryl/α,β-unsaturated/α-hetero) is 2. The normalized spacial score (nSPS) is 10.8. The number of ketones is 2. The third-order valence-corrected chi connectivity index (χ3v) is 8.52. The number of fused-ring (bicyclic) bond motifs is 2. The van der Waals surface area contributed by atoms with Crippen molar-refractivity contribution in [3.05, 3.63) is 94.8 Å². The minimum atomic E-state index is 0.0562. The molecule has 2 heterocycles. The minimum Gasteiger partial charge on any atom is -0.494 e. The maximum Gasteiger partial charge on any atom is 0.166 e. The maximum atomic E-state index is 12.9. The Morgan fingerprint density at radius 3 is 1.81 bits per heavy atom. The number of benzene rings is 3. The Labute approximate surface area is 282 Å². The molecular weight excluding hydrogens is 610 g/mol. The van der Waals surface area contributed by atoms with Gasteiger partial charge in [-0.1, -0.05) is 93.6 Å². The number of hydrogen-bond acceptors (Lipinski definition) is 7. The molecule has 0 unspecified atom stereocenters. The van der Waals surface area contributed by atoms with Crippen LogP contribution < -0.4 is 14.8 Å². The highest BCUT2D eigenvalue weighted by molar-refractivity contribution is 6.38. The van der Waals surface area contributed by atoms with Crippen molar-refractivity contribution in [2.75, 3.05) is 19.5 Å². The smallest absolute Gasteiger partial charge is 0.166 e. The zero-order valence-corrected chi connectivity index (χ0v) is 28.7. The molecule has 0 aliphatic heterocycles. The van der Waals surface area contributed by atoms with Crippen molar-refractivity contribution in [2.24, 2.45) is 0 Å². The molecule has 3 aromatic carbocycles. The van der Waals surface area contributed by atoms with Crippen molar-refractivity contribution in [3.8, 4) is 11.5 Å². The maximum absolute atomic E-state index is 12.9. The second kappa shape index (κ2) is 17.4. The van der Waals surface area contributed by atoms with E-state index in [9.17, 15) is 9.59 Å². The lowest BCUT2D eigenvalue weighted by atomic mass is 10.0. The van der Waals surface area contributed by atoms with Crippen LogP contribution in [-0.4, -0.2) is 35.8 Å². The molecule has 0 aliphatic carbocycles. The van der Waals surface area contributed by atoms with Crippen LogP contribution in [0.3, 0.4) is 0 Å². The van der Waals surface area contributed by atoms with Gasteiger partial charge in [0.15, 0.2) is 11.6 Å². The summed E-state index contributed by atoms with van der Waals surface area (Å²) in [5, 5.41) is 5.60. The first kappa shape index (κ1) is 35.4. The van der Waals surface area contributed by atoms with Gasteiger partial charge in [-0.05, 0) is 43.5 Å². The van der Waals surface area contributed by atoms with Crippen LogP contribution in [0.4, 0.5) is 11.4 Å². The molecular formula is C39H44ClN3O4. The molecule has 0 radical (unpaired) electrons. The van der Waals surface area contributed by atoms with Crippen molar-refractivity contribution in [1.82, 2.24) is 9.97 Å². The summed E-state index contributed by atoms with van der Waals surface area (Å²) in [5.41, 5.74) is 5.48. The highest BCUT2D eigenvalue weighted by Gasteiger charge is 2.18. The molecule has 1 N–H and O–H groups in total. The molecule has 2 aromatic heterocycles. The van der Waals surface area contributed by atoms with Gasteiger partial charge >= 0.3 is 0 Å². The fourth-order valence-corrected chi connectivity index (χ4v) is 5.72. The zero-order valence-electron chi connectivity index (χ0n) is 28.0. The van der Waals surface area contributed by atoms with E-state index in [-0.39, 0.29) is 11.6 Å². The Morgan fingerprint density at radius 2 is 1.23 bits per heavy atom. The van der Waals surface area contributed by atoms with E-state index in [0.29, 0.717) is 46.0 Å². The number of unbranched alkanes of at least 4 members (excludes halogenated alkanes) is 4. The number of carbonyl (C=O) groups excluding carboxylic acids is 2. The summed E-state index contributed by atoms with van der Waals surface area (Å²) in [4.78, 5) is 34.0. The Morgan fingerprint density at radius 1 is 0.702 bits per heavy atom. The van der Waals surface area contributed by atoms with E-state index >= 15 is 0 Å². The molecule has 0 saturated carbocycles. The minimum absolute atomic E-state index is 0.0562. The summed E-state index contributed by atoms with van der Waals surface area (Å²) < 4.78 is 10.7. The van der Waals surface area contributed by atoms with Crippen molar-refractivity contribution < 1.29 is 19.1 Å². The number of carbonyl (C=O) groups is 2. The standard InChI is InChI=1S/C23H26N2O2.C16H18ClNO2/c1-4-5-6-13-20(26)18-15-24-23-17(11-9-14-21(23)27-3)22(18)25-19-12-8-7-10-16(19)2;1-3-4-5-8-13(19)12-10-18-16-11(15(12)17)7-6-9-14(16)20-2/h7-12,14-15H,4-6,13H2,1-3H3,(H,24,25);6-7,9-10H,3-5,8H2,1-2H3. The van der Waals surface area contributed by atoms with Crippen LogP contribution in [0, 0.1) is 6.92 Å². The molecule has 47 heavy (non-hydrogen) atoms. The number of aryl methyl sites for hydroxylation is 1. The van der Waals surface area contributed by atoms with Crippen LogP contribution in [0.2, 0.25) is 5.02 Å². The lowest BCUT2D eigenvalue weighted by Gasteiger charge is -2.16. The number of hydrogen-bond donors (Lipinski definition) is 1. The Hall–Kier alpha value is -4.49. The number of rotatable bonds is 14. The predicted octanol–water partition coefficient (Wildman–Crippen LogP) is 10.7. The first-order valence-corrected chi connectivity index (χ1v) is 16.7. The van der Waals surface area contributed by atoms with Gasteiger partial charge in [0.1, 0.15) is 22.5 Å². The lowest BCUT2D eigenvalue weighted by Crippen LogP contribution is -2.07. The van der Waals surface area contributed by atoms with E-state index < -0.39 is 0 Å². The number of anilines is 2. The van der Waals surface area contributed by atoms with Gasteiger partial charge in [0, 0.05) is 41.7 Å². The van der Waals surface area contributed by atoms with Gasteiger partial charge in [0.05, 0.1) is 36.1 Å². The molecule has 5 aromatic rings. The molecule has 0 bridgehead atoms. The number of para-hydroxylation sites is 3. The topological polar surface area (TPSA) is 90.4 Å². The fourth-order valence-electron chi connectivity index (χ4n) is 5.42. The summed E-state index contributed by atoms with van der Waals surface area (Å²) in [7, 11) is 3.23. The number of aromatic nitrogens is 2. The van der Waals surface area contributed by atoms with Gasteiger partial charge in [-0.2, -0.15) is 0 Å². The molecule has 0 fully saturated rings. The van der Waals surface area contributed by atoms with Crippen LogP contribution >= 0.6 is 11.6 Å². The number of methoxy groups -OCH3 is 2. The quantitative estimate of drug-likeness (QED) is 0.0941. The third-order valence-electron chi connectivity index (χ3n) is 8.12. The Kier molecular flexibility index (Phi) is 13.1. The molecule has 7 nitrogen and oxygen atoms in total. The third kappa shape index (κ3) is 8.66. The molecule has 0 spiro atoms. The second-order valence-corrected chi connectivity index (χ2v) is 11.8. The summed E-state index contributed by atoms with van der Waals surface area (Å²) in [6.45, 7) is 6.30. The lowest BCUT2D eigenvalue weighted by molar-refractivity contribution is 0.0971. The summed E-state index contributed by atoms with van der Waals surface area (Å²) >= 11 is 6.36. The number of pyridine rings is 2. The van der Waals surface area contributed by atoms with E-state index in [1.807, 2.05) is 54.6 Å². The molecule has 5 rings (SSSR count). The van der Waals surface area contributed by atoms with Gasteiger partial charge in [0.2, 0.25) is 0 Å². The van der Waals surface area contributed by atoms with Gasteiger partial charge in [0.25, 0.3) is 0 Å². The fraction of sp³-hybridized carbons (Fsp3) is 0.333. The summed E-state index contributed by atoms with van der Waals surface area (Å²) in [6, 6.07) is 19.4. The van der Waals surface area contributed by atoms with Crippen molar-refractivity contribution in [1.29, 1.82) is 0 Å². The van der Waals surface area contributed by atoms with Gasteiger partial charge < -0.3 is 14.8 Å². The van der Waals surface area contributed by atoms with Crippen LogP contribution in [0.25, 0.3) is 21.8 Å². The van der Waals surface area contributed by atoms with Gasteiger partial charge in [-0.15, -0.1) is 0 Å². The largest absolute Gasteiger partial charge is 0.494 e. The molecule has 0 saturated heterocycles. The average Bonchev–Trinajstić information content (AvgIpc) is 3.09. The van der Waals surface area contributed by atoms with E-state index in [2.05, 4.69) is 42.1 Å². The van der Waals surface area contributed by atoms with Crippen molar-refractivity contribution >= 4 is 56.3 Å². The molecule has 0 aliphatic rings. The molecule has 246 valence electrons. The number of nitrogens with one attached hydrogen (secondary N) is 1. The highest BCUT2D eigenvalue weighted by Crippen LogP contribution is 2.35. The average molecular weight is 654 g/mol. The van der Waals surface area contributed by atoms with Crippen LogP contribution in [0.5, 0.6) is 11.5 Å². The van der Waals surface area contributed by atoms with Crippen molar-refractivity contribution in [3.63, 3.8) is 0 Å². The van der Waals surface area contributed by atoms with E-state index in [1.165, 1.54) is 0 Å². The van der Waals surface area contributed by atoms with Crippen LogP contribution in [-0.2, 0) is 0 Å². The molecule has 0 amide bonds. The van der Waals surface area contributed by atoms with Crippen LogP contribution in [0.1, 0.15) is 91.5 Å². The van der Waals surface area contributed by atoms with E-state index in [1.54, 1.807) is 26.6 Å². The first-order valence-electron chi connectivity index (χ1n) is 16.3. The number of ether oxygens (including phenoxy) is 2. The van der Waals surface area contributed by atoms with E-state index in [4.69, 9.17) is 21.1 Å². The van der Waals surface area contributed by atoms with Crippen LogP contribution in [0.15, 0.2) is 73.1 Å². The van der Waals surface area contributed by atoms with E-state index in [0.717, 1.165) is 71.8 Å². The number of nitrogens with zero attached hydrogens (tertiary/aromatic N) is 2. The van der Waals surface area contributed by atoms with Gasteiger partial charge in [-0.25, -0.2) is 0 Å². The first-order chi connectivity index (χ1) is 22.8. The van der Waals surface area contributed by atoms with Crippen molar-refractivity contribution in [2.45, 2.75) is 72.1 Å². The number of halogens is 1. The molecule has 0 atom stereocenters. The second-order valence-electron chi connectivity index (χ2n) is 11.4. The molecule has 8 heteroatoms. The predicted molar refractivity (Wildman–Crippen MR) is 193 cm³/mol. The monoisotopic (exact) mass is 653 g/mol. The summed E-state index contributed by atoms with van der Waals surface area (Å²) in [5.74, 6) is 1.54. The Balaban J connectivity index is 0.000000223. The van der Waals surface area contributed by atoms with Gasteiger partial charge in [-0.3, -0.25) is 19.6 Å². The Bertz CT molecular complexity index is 1840. The SMILES string of the molecule is CCCCCC(=O)c1cnc2c(OC)cccc2c1Cl.CCCCCC(=O)c1cnc2c(OC)cccc2c1Nc1ccccc1C. The summed E-state index contributed by atoms with van der Waals surface area (Å²) in [6.07, 6.45) is 10.4. The highest BCUT2D eigenvalue weighted by atomic mass is 35.5. The zero-order chi connectivity index (χ0) is 33.8.